The van der Waals surface area contributed by atoms with Crippen LogP contribution >= 0.6 is 15.9 Å². The lowest BCUT2D eigenvalue weighted by Crippen LogP contribution is -2.47. The molecule has 0 atom stereocenters. The molecule has 0 aliphatic carbocycles. The normalized spacial score (nSPS) is 12.4. The van der Waals surface area contributed by atoms with Gasteiger partial charge in [0.25, 0.3) is 0 Å². The van der Waals surface area contributed by atoms with Crippen LogP contribution in [0.3, 0.4) is 0 Å². The van der Waals surface area contributed by atoms with Crippen molar-refractivity contribution in [3.63, 3.8) is 0 Å². The zero-order valence-corrected chi connectivity index (χ0v) is 12.9. The van der Waals surface area contributed by atoms with Crippen LogP contribution in [-0.2, 0) is 10.0 Å². The molecule has 0 fully saturated rings. The molecule has 1 aromatic rings. The molecule has 4 N–H and O–H groups in total. The average Bonchev–Trinajstić information content (AvgIpc) is 2.12. The van der Waals surface area contributed by atoms with Crippen molar-refractivity contribution in [2.24, 2.45) is 0 Å². The first kappa shape index (κ1) is 15.2. The van der Waals surface area contributed by atoms with Gasteiger partial charge >= 0.3 is 0 Å². The zero-order valence-electron chi connectivity index (χ0n) is 10.5. The van der Waals surface area contributed by atoms with Crippen LogP contribution < -0.4 is 15.8 Å². The van der Waals surface area contributed by atoms with Crippen molar-refractivity contribution in [3.05, 3.63) is 16.9 Å². The van der Waals surface area contributed by atoms with Crippen molar-refractivity contribution in [1.29, 1.82) is 0 Å². The van der Waals surface area contributed by atoms with Gasteiger partial charge in [-0.3, -0.25) is 4.98 Å². The van der Waals surface area contributed by atoms with Crippen molar-refractivity contribution >= 4 is 37.3 Å². The number of nitrogen functional groups attached to an aromatic ring is 1. The standard InChI is InChI=1S/C10H17BrN4O2S/c1-10(2,15-18(3,16)17)6-14-9-7(11)4-13-5-8(9)12/h4-5,15H,6,12H2,1-3H3,(H,13,14). The lowest BCUT2D eigenvalue weighted by atomic mass is 10.1. The molecule has 0 aliphatic rings. The highest BCUT2D eigenvalue weighted by molar-refractivity contribution is 9.10. The van der Waals surface area contributed by atoms with E-state index >= 15 is 0 Å². The summed E-state index contributed by atoms with van der Waals surface area (Å²) in [5.41, 5.74) is 6.36. The van der Waals surface area contributed by atoms with E-state index in [2.05, 4.69) is 31.0 Å². The molecule has 8 heteroatoms. The third-order valence-corrected chi connectivity index (χ3v) is 3.62. The Bertz CT molecular complexity index is 510. The maximum atomic E-state index is 11.2. The van der Waals surface area contributed by atoms with Crippen LogP contribution in [-0.4, -0.2) is 31.7 Å². The lowest BCUT2D eigenvalue weighted by Gasteiger charge is -2.26. The van der Waals surface area contributed by atoms with Gasteiger partial charge in [0.05, 0.1) is 28.3 Å². The molecule has 1 rings (SSSR count). The summed E-state index contributed by atoms with van der Waals surface area (Å²) in [6.45, 7) is 3.96. The van der Waals surface area contributed by atoms with Crippen molar-refractivity contribution < 1.29 is 8.42 Å². The van der Waals surface area contributed by atoms with Gasteiger partial charge in [-0.2, -0.15) is 0 Å². The smallest absolute Gasteiger partial charge is 0.209 e. The molecule has 0 radical (unpaired) electrons. The minimum Gasteiger partial charge on any atom is -0.396 e. The molecule has 1 heterocycles. The molecule has 0 bridgehead atoms. The molecule has 1 aromatic heterocycles. The van der Waals surface area contributed by atoms with Crippen molar-refractivity contribution in [3.8, 4) is 0 Å². The molecule has 0 aromatic carbocycles. The average molecular weight is 337 g/mol. The number of pyridine rings is 1. The van der Waals surface area contributed by atoms with E-state index in [1.807, 2.05) is 0 Å². The van der Waals surface area contributed by atoms with E-state index in [-0.39, 0.29) is 0 Å². The molecule has 0 saturated carbocycles. The zero-order chi connectivity index (χ0) is 14.0. The fraction of sp³-hybridized carbons (Fsp3) is 0.500. The molecule has 0 unspecified atom stereocenters. The number of nitrogens with two attached hydrogens (primary N) is 1. The van der Waals surface area contributed by atoms with Crippen LogP contribution in [0.1, 0.15) is 13.8 Å². The Morgan fingerprint density at radius 1 is 1.44 bits per heavy atom. The van der Waals surface area contributed by atoms with Crippen LogP contribution in [0.4, 0.5) is 11.4 Å². The fourth-order valence-electron chi connectivity index (χ4n) is 1.48. The fourth-order valence-corrected chi connectivity index (χ4v) is 3.05. The summed E-state index contributed by atoms with van der Waals surface area (Å²) in [6.07, 6.45) is 4.28. The molecule has 0 amide bonds. The summed E-state index contributed by atoms with van der Waals surface area (Å²) >= 11 is 3.33. The number of nitrogens with one attached hydrogen (secondary N) is 2. The Morgan fingerprint density at radius 3 is 2.56 bits per heavy atom. The van der Waals surface area contributed by atoms with Crippen LogP contribution in [0.5, 0.6) is 0 Å². The summed E-state index contributed by atoms with van der Waals surface area (Å²) in [4.78, 5) is 3.92. The van der Waals surface area contributed by atoms with Gasteiger partial charge in [0, 0.05) is 18.3 Å². The highest BCUT2D eigenvalue weighted by Gasteiger charge is 2.22. The number of aromatic nitrogens is 1. The Morgan fingerprint density at radius 2 is 2.06 bits per heavy atom. The monoisotopic (exact) mass is 336 g/mol. The molecule has 18 heavy (non-hydrogen) atoms. The van der Waals surface area contributed by atoms with E-state index in [1.54, 1.807) is 20.0 Å². The summed E-state index contributed by atoms with van der Waals surface area (Å²) in [5, 5.41) is 3.11. The second-order valence-electron chi connectivity index (χ2n) is 4.70. The molecule has 102 valence electrons. The van der Waals surface area contributed by atoms with Crippen molar-refractivity contribution in [2.45, 2.75) is 19.4 Å². The van der Waals surface area contributed by atoms with E-state index in [4.69, 9.17) is 5.73 Å². The summed E-state index contributed by atoms with van der Waals surface area (Å²) in [5.74, 6) is 0. The first-order chi connectivity index (χ1) is 8.11. The lowest BCUT2D eigenvalue weighted by molar-refractivity contribution is 0.476. The van der Waals surface area contributed by atoms with Gasteiger partial charge in [0.1, 0.15) is 0 Å². The van der Waals surface area contributed by atoms with Gasteiger partial charge in [-0.05, 0) is 29.8 Å². The van der Waals surface area contributed by atoms with Crippen molar-refractivity contribution in [2.75, 3.05) is 23.9 Å². The highest BCUT2D eigenvalue weighted by atomic mass is 79.9. The third kappa shape index (κ3) is 4.79. The number of halogens is 1. The van der Waals surface area contributed by atoms with Crippen LogP contribution in [0.2, 0.25) is 0 Å². The van der Waals surface area contributed by atoms with Gasteiger partial charge in [-0.15, -0.1) is 0 Å². The van der Waals surface area contributed by atoms with E-state index in [0.717, 1.165) is 10.7 Å². The topological polar surface area (TPSA) is 97.1 Å². The molecule has 0 aliphatic heterocycles. The Labute approximate surface area is 116 Å². The highest BCUT2D eigenvalue weighted by Crippen LogP contribution is 2.27. The Kier molecular flexibility index (Phi) is 4.57. The van der Waals surface area contributed by atoms with Gasteiger partial charge in [0.15, 0.2) is 0 Å². The minimum atomic E-state index is -3.25. The van der Waals surface area contributed by atoms with E-state index in [0.29, 0.717) is 17.9 Å². The molecule has 0 spiro atoms. The second-order valence-corrected chi connectivity index (χ2v) is 7.30. The summed E-state index contributed by atoms with van der Waals surface area (Å²) < 4.78 is 25.7. The Balaban J connectivity index is 2.76. The maximum absolute atomic E-state index is 11.2. The SMILES string of the molecule is CC(C)(CNc1c(N)cncc1Br)NS(C)(=O)=O. The van der Waals surface area contributed by atoms with Gasteiger partial charge < -0.3 is 11.1 Å². The number of rotatable bonds is 5. The maximum Gasteiger partial charge on any atom is 0.209 e. The Hall–Kier alpha value is -0.860. The largest absolute Gasteiger partial charge is 0.396 e. The molecular weight excluding hydrogens is 320 g/mol. The number of hydrogen-bond donors (Lipinski definition) is 3. The van der Waals surface area contributed by atoms with Gasteiger partial charge in [-0.25, -0.2) is 13.1 Å². The number of sulfonamides is 1. The molecule has 0 saturated heterocycles. The quantitative estimate of drug-likeness (QED) is 0.749. The van der Waals surface area contributed by atoms with Gasteiger partial charge in [0.2, 0.25) is 10.0 Å². The van der Waals surface area contributed by atoms with Crippen LogP contribution in [0, 0.1) is 0 Å². The number of anilines is 2. The molecular formula is C10H17BrN4O2S. The van der Waals surface area contributed by atoms with Crippen molar-refractivity contribution in [1.82, 2.24) is 9.71 Å². The third-order valence-electron chi connectivity index (χ3n) is 2.10. The van der Waals surface area contributed by atoms with E-state index in [1.165, 1.54) is 6.20 Å². The van der Waals surface area contributed by atoms with Gasteiger partial charge in [-0.1, -0.05) is 0 Å². The summed E-state index contributed by atoms with van der Waals surface area (Å²) in [7, 11) is -3.25. The first-order valence-electron chi connectivity index (χ1n) is 5.22. The van der Waals surface area contributed by atoms with Crippen LogP contribution in [0.25, 0.3) is 0 Å². The van der Waals surface area contributed by atoms with Crippen LogP contribution in [0.15, 0.2) is 16.9 Å². The van der Waals surface area contributed by atoms with E-state index in [9.17, 15) is 8.42 Å². The number of nitrogens with zero attached hydrogens (tertiary/aromatic N) is 1. The molecule has 6 nitrogen and oxygen atoms in total. The second kappa shape index (κ2) is 5.41. The minimum absolute atomic E-state index is 0.396. The first-order valence-corrected chi connectivity index (χ1v) is 7.91. The summed E-state index contributed by atoms with van der Waals surface area (Å²) in [6, 6.07) is 0. The predicted octanol–water partition coefficient (Wildman–Crippen LogP) is 1.17. The number of hydrogen-bond acceptors (Lipinski definition) is 5. The predicted molar refractivity (Wildman–Crippen MR) is 76.9 cm³/mol. The van der Waals surface area contributed by atoms with E-state index < -0.39 is 15.6 Å².